The van der Waals surface area contributed by atoms with Crippen molar-refractivity contribution in [1.82, 2.24) is 20.2 Å². The predicted molar refractivity (Wildman–Crippen MR) is 131 cm³/mol. The number of halogens is 1. The van der Waals surface area contributed by atoms with E-state index in [1.54, 1.807) is 30.3 Å². The molecule has 0 atom stereocenters. The van der Waals surface area contributed by atoms with E-state index in [4.69, 9.17) is 0 Å². The Morgan fingerprint density at radius 2 is 2.06 bits per heavy atom. The van der Waals surface area contributed by atoms with E-state index < -0.39 is 0 Å². The standard InChI is InChI=1S/C21H21IN6O2S/c1-2-10-28-19(13-23-17-8-6-16(22)7-9-17)25-27-21(28)31-14-20(30)26-24-12-15-4-3-5-18(29)11-15/h2-9,11-12,23,29H,1,10,13-14H2,(H,26,30)/b24-12+. The number of hydrogen-bond donors (Lipinski definition) is 3. The van der Waals surface area contributed by atoms with Crippen molar-refractivity contribution < 1.29 is 9.90 Å². The molecule has 1 amide bonds. The maximum absolute atomic E-state index is 12.1. The van der Waals surface area contributed by atoms with Gasteiger partial charge in [0, 0.05) is 15.8 Å². The van der Waals surface area contributed by atoms with Crippen LogP contribution in [0.25, 0.3) is 0 Å². The van der Waals surface area contributed by atoms with Gasteiger partial charge in [-0.2, -0.15) is 5.10 Å². The Balaban J connectivity index is 1.54. The number of thioether (sulfide) groups is 1. The number of benzene rings is 2. The highest BCUT2D eigenvalue weighted by Gasteiger charge is 2.13. The van der Waals surface area contributed by atoms with Crippen LogP contribution in [0.15, 0.2) is 71.4 Å². The molecule has 0 saturated carbocycles. The second kappa shape index (κ2) is 11.5. The number of allylic oxidation sites excluding steroid dienone is 1. The fourth-order valence-corrected chi connectivity index (χ4v) is 3.68. The maximum atomic E-state index is 12.1. The lowest BCUT2D eigenvalue weighted by Crippen LogP contribution is -2.20. The average Bonchev–Trinajstić information content (AvgIpc) is 3.14. The lowest BCUT2D eigenvalue weighted by atomic mass is 10.2. The van der Waals surface area contributed by atoms with Crippen LogP contribution in [0, 0.1) is 3.57 Å². The van der Waals surface area contributed by atoms with Gasteiger partial charge in [0.2, 0.25) is 0 Å². The number of aromatic nitrogens is 3. The molecule has 0 aliphatic carbocycles. The van der Waals surface area contributed by atoms with Crippen molar-refractivity contribution in [3.8, 4) is 5.75 Å². The fourth-order valence-electron chi connectivity index (χ4n) is 2.56. The van der Waals surface area contributed by atoms with Gasteiger partial charge in [-0.05, 0) is 64.6 Å². The zero-order chi connectivity index (χ0) is 22.1. The third-order valence-electron chi connectivity index (χ3n) is 4.01. The minimum Gasteiger partial charge on any atom is -0.508 e. The number of carbonyl (C=O) groups excluding carboxylic acids is 1. The highest BCUT2D eigenvalue weighted by molar-refractivity contribution is 14.1. The van der Waals surface area contributed by atoms with Gasteiger partial charge in [-0.3, -0.25) is 4.79 Å². The number of nitrogens with one attached hydrogen (secondary N) is 2. The van der Waals surface area contributed by atoms with Crippen molar-refractivity contribution in [2.45, 2.75) is 18.2 Å². The highest BCUT2D eigenvalue weighted by Crippen LogP contribution is 2.18. The topological polar surface area (TPSA) is 104 Å². The molecular weight excluding hydrogens is 527 g/mol. The van der Waals surface area contributed by atoms with E-state index in [1.165, 1.54) is 21.5 Å². The minimum atomic E-state index is -0.270. The number of rotatable bonds is 10. The quantitative estimate of drug-likeness (QED) is 0.118. The molecule has 0 spiro atoms. The first kappa shape index (κ1) is 22.8. The van der Waals surface area contributed by atoms with Crippen molar-refractivity contribution in [2.75, 3.05) is 11.1 Å². The molecule has 3 N–H and O–H groups in total. The van der Waals surface area contributed by atoms with Gasteiger partial charge in [0.25, 0.3) is 5.91 Å². The molecule has 0 saturated heterocycles. The van der Waals surface area contributed by atoms with Crippen LogP contribution in [-0.4, -0.2) is 37.7 Å². The number of phenols is 1. The second-order valence-electron chi connectivity index (χ2n) is 6.34. The van der Waals surface area contributed by atoms with Crippen LogP contribution in [-0.2, 0) is 17.9 Å². The van der Waals surface area contributed by atoms with Crippen LogP contribution in [0.3, 0.4) is 0 Å². The summed E-state index contributed by atoms with van der Waals surface area (Å²) >= 11 is 3.54. The molecule has 0 aliphatic heterocycles. The van der Waals surface area contributed by atoms with E-state index in [-0.39, 0.29) is 17.4 Å². The van der Waals surface area contributed by atoms with Gasteiger partial charge in [0.15, 0.2) is 11.0 Å². The van der Waals surface area contributed by atoms with Crippen LogP contribution in [0.5, 0.6) is 5.75 Å². The summed E-state index contributed by atoms with van der Waals surface area (Å²) in [4.78, 5) is 12.1. The Labute approximate surface area is 198 Å². The predicted octanol–water partition coefficient (Wildman–Crippen LogP) is 3.63. The number of carbonyl (C=O) groups is 1. The van der Waals surface area contributed by atoms with Crippen LogP contribution in [0.4, 0.5) is 5.69 Å². The molecule has 10 heteroatoms. The summed E-state index contributed by atoms with van der Waals surface area (Å²) in [7, 11) is 0. The normalized spacial score (nSPS) is 10.9. The van der Waals surface area contributed by atoms with Gasteiger partial charge < -0.3 is 15.0 Å². The third kappa shape index (κ3) is 7.10. The minimum absolute atomic E-state index is 0.136. The number of nitrogens with zero attached hydrogens (tertiary/aromatic N) is 4. The summed E-state index contributed by atoms with van der Waals surface area (Å²) in [5.74, 6) is 0.757. The summed E-state index contributed by atoms with van der Waals surface area (Å²) in [5, 5.41) is 25.8. The van der Waals surface area contributed by atoms with Gasteiger partial charge >= 0.3 is 0 Å². The van der Waals surface area contributed by atoms with Gasteiger partial charge in [-0.1, -0.05) is 30.0 Å². The van der Waals surface area contributed by atoms with Gasteiger partial charge in [-0.25, -0.2) is 5.43 Å². The summed E-state index contributed by atoms with van der Waals surface area (Å²) < 4.78 is 3.09. The van der Waals surface area contributed by atoms with Crippen LogP contribution < -0.4 is 10.7 Å². The number of anilines is 1. The smallest absolute Gasteiger partial charge is 0.250 e. The molecule has 8 nitrogen and oxygen atoms in total. The van der Waals surface area contributed by atoms with Crippen LogP contribution in [0.1, 0.15) is 11.4 Å². The van der Waals surface area contributed by atoms with E-state index in [0.717, 1.165) is 11.5 Å². The molecule has 0 fully saturated rings. The number of aromatic hydroxyl groups is 1. The second-order valence-corrected chi connectivity index (χ2v) is 8.52. The molecule has 1 aromatic heterocycles. The summed E-state index contributed by atoms with van der Waals surface area (Å²) in [5.41, 5.74) is 4.14. The SMILES string of the molecule is C=CCn1c(CNc2ccc(I)cc2)nnc1SCC(=O)N/N=C/c1cccc(O)c1. The third-order valence-corrected chi connectivity index (χ3v) is 5.69. The van der Waals surface area contributed by atoms with E-state index in [1.807, 2.05) is 28.8 Å². The first-order valence-electron chi connectivity index (χ1n) is 9.31. The van der Waals surface area contributed by atoms with Crippen molar-refractivity contribution in [3.63, 3.8) is 0 Å². The van der Waals surface area contributed by atoms with E-state index in [2.05, 4.69) is 55.2 Å². The Kier molecular flexibility index (Phi) is 8.47. The zero-order valence-corrected chi connectivity index (χ0v) is 19.5. The number of phenolic OH excluding ortho intramolecular Hbond substituents is 1. The fraction of sp³-hybridized carbons (Fsp3) is 0.143. The lowest BCUT2D eigenvalue weighted by molar-refractivity contribution is -0.118. The van der Waals surface area contributed by atoms with Gasteiger partial charge in [-0.15, -0.1) is 16.8 Å². The molecule has 0 aliphatic rings. The molecule has 160 valence electrons. The Hall–Kier alpha value is -2.86. The molecule has 3 rings (SSSR count). The molecule has 0 radical (unpaired) electrons. The van der Waals surface area contributed by atoms with E-state index in [9.17, 15) is 9.90 Å². The Bertz CT molecular complexity index is 1070. The van der Waals surface area contributed by atoms with Crippen molar-refractivity contribution in [2.24, 2.45) is 5.10 Å². The van der Waals surface area contributed by atoms with Crippen molar-refractivity contribution in [3.05, 3.63) is 76.1 Å². The summed E-state index contributed by atoms with van der Waals surface area (Å²) in [6.45, 7) is 4.83. The zero-order valence-electron chi connectivity index (χ0n) is 16.5. The van der Waals surface area contributed by atoms with Crippen molar-refractivity contribution in [1.29, 1.82) is 0 Å². The van der Waals surface area contributed by atoms with E-state index >= 15 is 0 Å². The largest absolute Gasteiger partial charge is 0.508 e. The lowest BCUT2D eigenvalue weighted by Gasteiger charge is -2.09. The average molecular weight is 548 g/mol. The first-order valence-corrected chi connectivity index (χ1v) is 11.4. The number of amides is 1. The summed E-state index contributed by atoms with van der Waals surface area (Å²) in [6, 6.07) is 14.7. The van der Waals surface area contributed by atoms with Gasteiger partial charge in [0.05, 0.1) is 18.5 Å². The van der Waals surface area contributed by atoms with Crippen LogP contribution in [0.2, 0.25) is 0 Å². The highest BCUT2D eigenvalue weighted by atomic mass is 127. The monoisotopic (exact) mass is 548 g/mol. The molecule has 1 heterocycles. The molecule has 3 aromatic rings. The molecule has 0 unspecified atom stereocenters. The number of hydrazone groups is 1. The number of hydrogen-bond acceptors (Lipinski definition) is 7. The molecular formula is C21H21IN6O2S. The summed E-state index contributed by atoms with van der Waals surface area (Å²) in [6.07, 6.45) is 3.23. The maximum Gasteiger partial charge on any atom is 0.250 e. The molecule has 2 aromatic carbocycles. The van der Waals surface area contributed by atoms with Crippen molar-refractivity contribution >= 4 is 52.2 Å². The molecule has 31 heavy (non-hydrogen) atoms. The van der Waals surface area contributed by atoms with E-state index in [0.29, 0.717) is 23.8 Å². The van der Waals surface area contributed by atoms with Gasteiger partial charge in [0.1, 0.15) is 5.75 Å². The molecule has 0 bridgehead atoms. The Morgan fingerprint density at radius 1 is 1.26 bits per heavy atom. The van der Waals surface area contributed by atoms with Crippen LogP contribution >= 0.6 is 34.4 Å². The first-order chi connectivity index (χ1) is 15.0. The Morgan fingerprint density at radius 3 is 2.81 bits per heavy atom.